The number of fused-ring (bicyclic) bond motifs is 1. The summed E-state index contributed by atoms with van der Waals surface area (Å²) in [5.74, 6) is 0. The van der Waals surface area contributed by atoms with Crippen molar-refractivity contribution in [3.05, 3.63) is 28.4 Å². The summed E-state index contributed by atoms with van der Waals surface area (Å²) in [4.78, 5) is 10.6. The lowest BCUT2D eigenvalue weighted by Gasteiger charge is -1.94. The second-order valence-electron chi connectivity index (χ2n) is 2.32. The highest BCUT2D eigenvalue weighted by Gasteiger charge is 2.07. The number of nitrogens with zero attached hydrogens (tertiary/aromatic N) is 1. The van der Waals surface area contributed by atoms with E-state index in [4.69, 9.17) is 4.52 Å². The van der Waals surface area contributed by atoms with E-state index >= 15 is 0 Å². The van der Waals surface area contributed by atoms with Crippen LogP contribution in [0, 0.1) is 0 Å². The van der Waals surface area contributed by atoms with E-state index in [2.05, 4.69) is 21.1 Å². The van der Waals surface area contributed by atoms with Crippen molar-refractivity contribution >= 4 is 33.2 Å². The molecule has 60 valence electrons. The van der Waals surface area contributed by atoms with Crippen LogP contribution < -0.4 is 0 Å². The number of carbonyl (C=O) groups excluding carboxylic acids is 1. The van der Waals surface area contributed by atoms with Gasteiger partial charge in [0.15, 0.2) is 11.9 Å². The van der Waals surface area contributed by atoms with Crippen LogP contribution in [0.15, 0.2) is 27.3 Å². The first-order chi connectivity index (χ1) is 5.83. The third-order valence-electron chi connectivity index (χ3n) is 1.64. The Balaban J connectivity index is 2.91. The average molecular weight is 226 g/mol. The molecule has 1 heterocycles. The molecule has 0 atom stereocenters. The molecule has 3 nitrogen and oxygen atoms in total. The van der Waals surface area contributed by atoms with Crippen molar-refractivity contribution in [2.45, 2.75) is 0 Å². The van der Waals surface area contributed by atoms with Crippen LogP contribution in [0.25, 0.3) is 11.0 Å². The quantitative estimate of drug-likeness (QED) is 0.701. The highest BCUT2D eigenvalue weighted by atomic mass is 79.9. The Morgan fingerprint density at radius 2 is 2.33 bits per heavy atom. The first kappa shape index (κ1) is 7.49. The Morgan fingerprint density at radius 3 is 3.08 bits per heavy atom. The molecule has 2 rings (SSSR count). The number of hydrogen-bond acceptors (Lipinski definition) is 3. The lowest BCUT2D eigenvalue weighted by molar-refractivity contribution is 0.112. The van der Waals surface area contributed by atoms with Crippen LogP contribution in [0.3, 0.4) is 0 Å². The Kier molecular flexibility index (Phi) is 1.69. The van der Waals surface area contributed by atoms with Crippen LogP contribution in [-0.2, 0) is 0 Å². The molecule has 12 heavy (non-hydrogen) atoms. The molecule has 4 heteroatoms. The van der Waals surface area contributed by atoms with Gasteiger partial charge in [-0.25, -0.2) is 0 Å². The molecule has 0 amide bonds. The van der Waals surface area contributed by atoms with Crippen LogP contribution in [0.2, 0.25) is 0 Å². The van der Waals surface area contributed by atoms with Gasteiger partial charge in [-0.2, -0.15) is 0 Å². The summed E-state index contributed by atoms with van der Waals surface area (Å²) in [6, 6.07) is 3.52. The molecule has 1 aromatic carbocycles. The fraction of sp³-hybridized carbons (Fsp3) is 0. The predicted molar refractivity (Wildman–Crippen MR) is 47.1 cm³/mol. The Bertz CT molecular complexity index is 436. The van der Waals surface area contributed by atoms with E-state index < -0.39 is 0 Å². The van der Waals surface area contributed by atoms with E-state index in [9.17, 15) is 4.79 Å². The number of aldehydes is 1. The number of benzene rings is 1. The maximum Gasteiger partial charge on any atom is 0.167 e. The van der Waals surface area contributed by atoms with Gasteiger partial charge < -0.3 is 4.52 Å². The zero-order chi connectivity index (χ0) is 8.55. The molecular weight excluding hydrogens is 222 g/mol. The van der Waals surface area contributed by atoms with Crippen LogP contribution in [-0.4, -0.2) is 11.4 Å². The van der Waals surface area contributed by atoms with Gasteiger partial charge in [0.25, 0.3) is 0 Å². The third kappa shape index (κ3) is 0.956. The second-order valence-corrected chi connectivity index (χ2v) is 3.17. The molecule has 0 spiro atoms. The first-order valence-corrected chi connectivity index (χ1v) is 4.10. The van der Waals surface area contributed by atoms with Gasteiger partial charge in [-0.1, -0.05) is 21.1 Å². The van der Waals surface area contributed by atoms with Gasteiger partial charge in [0.05, 0.1) is 11.6 Å². The molecule has 0 saturated heterocycles. The van der Waals surface area contributed by atoms with Crippen molar-refractivity contribution in [2.75, 3.05) is 0 Å². The smallest absolute Gasteiger partial charge is 0.167 e. The minimum Gasteiger partial charge on any atom is -0.356 e. The standard InChI is InChI=1S/C8H4BrNO2/c9-7-1-2-8-5(3-10-12-8)6(7)4-11/h1-4H. The molecular formula is C8H4BrNO2. The van der Waals surface area contributed by atoms with Crippen LogP contribution in [0.1, 0.15) is 10.4 Å². The van der Waals surface area contributed by atoms with E-state index in [0.29, 0.717) is 11.1 Å². The van der Waals surface area contributed by atoms with Gasteiger partial charge in [0.2, 0.25) is 0 Å². The molecule has 0 aliphatic heterocycles. The number of rotatable bonds is 1. The maximum absolute atomic E-state index is 10.6. The zero-order valence-electron chi connectivity index (χ0n) is 5.95. The number of halogens is 1. The number of carbonyl (C=O) groups is 1. The number of aromatic nitrogens is 1. The minimum atomic E-state index is 0.578. The summed E-state index contributed by atoms with van der Waals surface area (Å²) in [5, 5.41) is 4.33. The summed E-state index contributed by atoms with van der Waals surface area (Å²) < 4.78 is 5.64. The van der Waals surface area contributed by atoms with E-state index in [1.165, 1.54) is 6.20 Å². The van der Waals surface area contributed by atoms with E-state index in [1.54, 1.807) is 12.1 Å². The van der Waals surface area contributed by atoms with E-state index in [0.717, 1.165) is 16.1 Å². The molecule has 0 N–H and O–H groups in total. The SMILES string of the molecule is O=Cc1c(Br)ccc2oncc12. The zero-order valence-corrected chi connectivity index (χ0v) is 7.54. The monoisotopic (exact) mass is 225 g/mol. The average Bonchev–Trinajstić information content (AvgIpc) is 2.52. The lowest BCUT2D eigenvalue weighted by Crippen LogP contribution is -1.81. The van der Waals surface area contributed by atoms with Gasteiger partial charge in [0.1, 0.15) is 0 Å². The highest BCUT2D eigenvalue weighted by Crippen LogP contribution is 2.24. The summed E-state index contributed by atoms with van der Waals surface area (Å²) in [6.45, 7) is 0. The summed E-state index contributed by atoms with van der Waals surface area (Å²) in [6.07, 6.45) is 2.31. The predicted octanol–water partition coefficient (Wildman–Crippen LogP) is 2.40. The van der Waals surface area contributed by atoms with Gasteiger partial charge in [-0.3, -0.25) is 4.79 Å². The van der Waals surface area contributed by atoms with Gasteiger partial charge in [-0.05, 0) is 12.1 Å². The molecule has 2 aromatic rings. The van der Waals surface area contributed by atoms with Crippen molar-refractivity contribution in [3.8, 4) is 0 Å². The van der Waals surface area contributed by atoms with Crippen molar-refractivity contribution in [1.82, 2.24) is 5.16 Å². The van der Waals surface area contributed by atoms with Crippen molar-refractivity contribution in [3.63, 3.8) is 0 Å². The molecule has 0 aliphatic rings. The molecule has 0 unspecified atom stereocenters. The van der Waals surface area contributed by atoms with E-state index in [1.807, 2.05) is 0 Å². The molecule has 0 radical (unpaired) electrons. The van der Waals surface area contributed by atoms with E-state index in [-0.39, 0.29) is 0 Å². The van der Waals surface area contributed by atoms with Crippen molar-refractivity contribution in [2.24, 2.45) is 0 Å². The molecule has 1 aromatic heterocycles. The van der Waals surface area contributed by atoms with Gasteiger partial charge in [-0.15, -0.1) is 0 Å². The van der Waals surface area contributed by atoms with Crippen LogP contribution in [0.4, 0.5) is 0 Å². The molecule has 0 bridgehead atoms. The normalized spacial score (nSPS) is 10.4. The van der Waals surface area contributed by atoms with Crippen molar-refractivity contribution in [1.29, 1.82) is 0 Å². The Morgan fingerprint density at radius 1 is 1.50 bits per heavy atom. The fourth-order valence-electron chi connectivity index (χ4n) is 1.06. The number of hydrogen-bond donors (Lipinski definition) is 0. The largest absolute Gasteiger partial charge is 0.356 e. The van der Waals surface area contributed by atoms with Crippen LogP contribution in [0.5, 0.6) is 0 Å². The fourth-order valence-corrected chi connectivity index (χ4v) is 1.50. The summed E-state index contributed by atoms with van der Waals surface area (Å²) >= 11 is 3.26. The molecule has 0 fully saturated rings. The van der Waals surface area contributed by atoms with Crippen molar-refractivity contribution < 1.29 is 9.32 Å². The first-order valence-electron chi connectivity index (χ1n) is 3.31. The minimum absolute atomic E-state index is 0.578. The molecule has 0 aliphatic carbocycles. The highest BCUT2D eigenvalue weighted by molar-refractivity contribution is 9.10. The van der Waals surface area contributed by atoms with Gasteiger partial charge >= 0.3 is 0 Å². The topological polar surface area (TPSA) is 43.1 Å². The Labute approximate surface area is 76.5 Å². The lowest BCUT2D eigenvalue weighted by atomic mass is 10.1. The second kappa shape index (κ2) is 2.71. The summed E-state index contributed by atoms with van der Waals surface area (Å²) in [5.41, 5.74) is 1.20. The Hall–Kier alpha value is -1.16. The molecule has 0 saturated carbocycles. The maximum atomic E-state index is 10.6. The van der Waals surface area contributed by atoms with Gasteiger partial charge in [0, 0.05) is 10.0 Å². The van der Waals surface area contributed by atoms with Crippen LogP contribution >= 0.6 is 15.9 Å². The summed E-state index contributed by atoms with van der Waals surface area (Å²) in [7, 11) is 0. The third-order valence-corrected chi connectivity index (χ3v) is 2.34.